The van der Waals surface area contributed by atoms with E-state index < -0.39 is 11.7 Å². The van der Waals surface area contributed by atoms with Gasteiger partial charge >= 0.3 is 6.18 Å². The van der Waals surface area contributed by atoms with Crippen LogP contribution in [0.2, 0.25) is 0 Å². The van der Waals surface area contributed by atoms with E-state index >= 15 is 0 Å². The number of amidine groups is 1. The van der Waals surface area contributed by atoms with Crippen LogP contribution < -0.4 is 4.74 Å². The number of benzene rings is 2. The lowest BCUT2D eigenvalue weighted by Crippen LogP contribution is -2.30. The van der Waals surface area contributed by atoms with Crippen molar-refractivity contribution in [3.63, 3.8) is 0 Å². The second kappa shape index (κ2) is 7.47. The predicted molar refractivity (Wildman–Crippen MR) is 101 cm³/mol. The summed E-state index contributed by atoms with van der Waals surface area (Å²) in [5.41, 5.74) is 1.69. The third-order valence-corrected chi connectivity index (χ3v) is 5.22. The third kappa shape index (κ3) is 3.71. The van der Waals surface area contributed by atoms with Gasteiger partial charge in [-0.1, -0.05) is 18.2 Å². The Labute approximate surface area is 161 Å². The number of fused-ring (bicyclic) bond motifs is 1. The fourth-order valence-electron chi connectivity index (χ4n) is 3.70. The lowest BCUT2D eigenvalue weighted by molar-refractivity contribution is -0.137. The summed E-state index contributed by atoms with van der Waals surface area (Å²) >= 11 is 0. The summed E-state index contributed by atoms with van der Waals surface area (Å²) in [5.74, 6) is 1.78. The molecule has 7 heteroatoms. The summed E-state index contributed by atoms with van der Waals surface area (Å²) < 4.78 is 44.3. The molecule has 2 aliphatic heterocycles. The Hall–Kier alpha value is -2.54. The Bertz CT molecular complexity index is 878. The molecule has 4 nitrogen and oxygen atoms in total. The highest BCUT2D eigenvalue weighted by atomic mass is 19.4. The molecule has 0 aromatic heterocycles. The number of rotatable bonds is 2. The molecular weight excluding hydrogens is 369 g/mol. The highest BCUT2D eigenvalue weighted by Crippen LogP contribution is 2.33. The maximum Gasteiger partial charge on any atom is 0.416 e. The molecule has 1 fully saturated rings. The zero-order chi connectivity index (χ0) is 19.7. The Morgan fingerprint density at radius 1 is 1.11 bits per heavy atom. The van der Waals surface area contributed by atoms with Crippen molar-refractivity contribution in [2.75, 3.05) is 32.8 Å². The van der Waals surface area contributed by atoms with Crippen LogP contribution in [-0.2, 0) is 6.18 Å². The molecule has 2 heterocycles. The Morgan fingerprint density at radius 2 is 1.86 bits per heavy atom. The van der Waals surface area contributed by atoms with Gasteiger partial charge in [0.05, 0.1) is 17.7 Å². The fourth-order valence-corrected chi connectivity index (χ4v) is 3.70. The van der Waals surface area contributed by atoms with E-state index in [4.69, 9.17) is 4.74 Å². The molecule has 0 amide bonds. The van der Waals surface area contributed by atoms with Crippen molar-refractivity contribution < 1.29 is 23.0 Å². The van der Waals surface area contributed by atoms with Crippen molar-refractivity contribution in [1.29, 1.82) is 0 Å². The molecule has 0 aliphatic carbocycles. The molecule has 148 valence electrons. The van der Waals surface area contributed by atoms with Crippen LogP contribution in [0.4, 0.5) is 13.2 Å². The van der Waals surface area contributed by atoms with E-state index in [1.165, 1.54) is 12.1 Å². The number of ether oxygens (including phenoxy) is 1. The van der Waals surface area contributed by atoms with Gasteiger partial charge in [0.25, 0.3) is 0 Å². The number of aliphatic hydroxyl groups excluding tert-OH is 1. The summed E-state index contributed by atoms with van der Waals surface area (Å²) in [6, 6.07) is 10.8. The Balaban J connectivity index is 1.68. The van der Waals surface area contributed by atoms with Gasteiger partial charge in [0.15, 0.2) is 0 Å². The average molecular weight is 390 g/mol. The zero-order valence-corrected chi connectivity index (χ0v) is 15.2. The van der Waals surface area contributed by atoms with Crippen LogP contribution in [0.5, 0.6) is 5.75 Å². The predicted octanol–water partition coefficient (Wildman–Crippen LogP) is 3.83. The van der Waals surface area contributed by atoms with Crippen LogP contribution in [0.15, 0.2) is 47.5 Å². The summed E-state index contributed by atoms with van der Waals surface area (Å²) in [6.45, 7) is 2.72. The van der Waals surface area contributed by atoms with E-state index in [1.54, 1.807) is 0 Å². The first kappa shape index (κ1) is 18.8. The van der Waals surface area contributed by atoms with Crippen LogP contribution >= 0.6 is 0 Å². The zero-order valence-electron chi connectivity index (χ0n) is 15.2. The van der Waals surface area contributed by atoms with Crippen molar-refractivity contribution >= 4 is 5.84 Å². The smallest absolute Gasteiger partial charge is 0.416 e. The minimum absolute atomic E-state index is 0.152. The van der Waals surface area contributed by atoms with Crippen LogP contribution in [-0.4, -0.2) is 48.7 Å². The van der Waals surface area contributed by atoms with Crippen molar-refractivity contribution in [1.82, 2.24) is 4.90 Å². The van der Waals surface area contributed by atoms with Crippen LogP contribution in [0, 0.1) is 5.92 Å². The first-order valence-corrected chi connectivity index (χ1v) is 9.31. The summed E-state index contributed by atoms with van der Waals surface area (Å²) in [5, 5.41) is 9.43. The number of likely N-dealkylation sites (tertiary alicyclic amines) is 1. The first-order valence-electron chi connectivity index (χ1n) is 9.31. The van der Waals surface area contributed by atoms with Crippen molar-refractivity contribution in [3.8, 4) is 16.9 Å². The Kier molecular flexibility index (Phi) is 5.02. The number of nitrogens with zero attached hydrogens (tertiary/aromatic N) is 2. The maximum atomic E-state index is 12.8. The number of hydrogen-bond acceptors (Lipinski definition) is 4. The van der Waals surface area contributed by atoms with Crippen molar-refractivity contribution in [3.05, 3.63) is 53.6 Å². The van der Waals surface area contributed by atoms with Crippen molar-refractivity contribution in [2.45, 2.75) is 12.6 Å². The van der Waals surface area contributed by atoms with Crippen LogP contribution in [0.25, 0.3) is 11.1 Å². The lowest BCUT2D eigenvalue weighted by Gasteiger charge is -2.22. The second-order valence-electron chi connectivity index (χ2n) is 7.12. The average Bonchev–Trinajstić information content (AvgIpc) is 3.07. The molecule has 2 aromatic rings. The molecule has 1 unspecified atom stereocenters. The highest BCUT2D eigenvalue weighted by molar-refractivity contribution is 6.02. The maximum absolute atomic E-state index is 12.8. The van der Waals surface area contributed by atoms with Gasteiger partial charge in [0.1, 0.15) is 18.2 Å². The Morgan fingerprint density at radius 3 is 2.54 bits per heavy atom. The molecule has 0 saturated carbocycles. The minimum Gasteiger partial charge on any atom is -0.491 e. The molecule has 0 radical (unpaired) electrons. The number of aliphatic hydroxyl groups is 1. The van der Waals surface area contributed by atoms with Gasteiger partial charge < -0.3 is 14.7 Å². The lowest BCUT2D eigenvalue weighted by atomic mass is 10.00. The quantitative estimate of drug-likeness (QED) is 0.848. The SMILES string of the molecule is OCC1CCN(C2=NCCOc3ccc(-c4ccc(C(F)(F)F)cc4)cc32)C1. The van der Waals surface area contributed by atoms with E-state index in [0.29, 0.717) is 18.7 Å². The second-order valence-corrected chi connectivity index (χ2v) is 7.12. The standard InChI is InChI=1S/C21H21F3N2O2/c22-21(23,24)17-4-1-15(2-5-17)16-3-6-19-18(11-16)20(25-8-10-28-19)26-9-7-14(12-26)13-27/h1-6,11,14,27H,7-10,12-13H2. The van der Waals surface area contributed by atoms with Crippen LogP contribution in [0.1, 0.15) is 17.5 Å². The molecule has 2 aromatic carbocycles. The van der Waals surface area contributed by atoms with Gasteiger partial charge in [-0.15, -0.1) is 0 Å². The van der Waals surface area contributed by atoms with Gasteiger partial charge in [-0.05, 0) is 41.8 Å². The minimum atomic E-state index is -4.35. The van der Waals surface area contributed by atoms with Gasteiger partial charge in [0.2, 0.25) is 0 Å². The molecule has 0 spiro atoms. The summed E-state index contributed by atoms with van der Waals surface area (Å²) in [6.07, 6.45) is -3.44. The molecule has 0 bridgehead atoms. The molecular formula is C21H21F3N2O2. The molecule has 4 rings (SSSR count). The first-order chi connectivity index (χ1) is 13.5. The van der Waals surface area contributed by atoms with E-state index in [0.717, 1.165) is 54.4 Å². The highest BCUT2D eigenvalue weighted by Gasteiger charge is 2.30. The number of aliphatic imine (C=N–C) groups is 1. The molecule has 1 N–H and O–H groups in total. The summed E-state index contributed by atoms with van der Waals surface area (Å²) in [4.78, 5) is 6.84. The van der Waals surface area contributed by atoms with Gasteiger partial charge in [-0.2, -0.15) is 13.2 Å². The van der Waals surface area contributed by atoms with E-state index in [-0.39, 0.29) is 12.5 Å². The van der Waals surface area contributed by atoms with Gasteiger partial charge in [0, 0.05) is 25.6 Å². The number of halogens is 3. The molecule has 28 heavy (non-hydrogen) atoms. The van der Waals surface area contributed by atoms with E-state index in [9.17, 15) is 18.3 Å². The third-order valence-electron chi connectivity index (χ3n) is 5.22. The monoisotopic (exact) mass is 390 g/mol. The normalized spacial score (nSPS) is 19.6. The topological polar surface area (TPSA) is 45.1 Å². The molecule has 1 saturated heterocycles. The molecule has 2 aliphatic rings. The largest absolute Gasteiger partial charge is 0.491 e. The summed E-state index contributed by atoms with van der Waals surface area (Å²) in [7, 11) is 0. The van der Waals surface area contributed by atoms with Crippen molar-refractivity contribution in [2.24, 2.45) is 10.9 Å². The number of alkyl halides is 3. The van der Waals surface area contributed by atoms with E-state index in [1.807, 2.05) is 18.2 Å². The molecule has 1 atom stereocenters. The fraction of sp³-hybridized carbons (Fsp3) is 0.381. The van der Waals surface area contributed by atoms with Gasteiger partial charge in [-0.3, -0.25) is 4.99 Å². The van der Waals surface area contributed by atoms with Gasteiger partial charge in [-0.25, -0.2) is 0 Å². The van der Waals surface area contributed by atoms with Crippen LogP contribution in [0.3, 0.4) is 0 Å². The number of hydrogen-bond donors (Lipinski definition) is 1. The van der Waals surface area contributed by atoms with E-state index in [2.05, 4.69) is 9.89 Å².